The van der Waals surface area contributed by atoms with E-state index in [-0.39, 0.29) is 17.9 Å². The third kappa shape index (κ3) is 2.80. The average molecular weight is 371 g/mol. The number of hydrogen-bond donors (Lipinski definition) is 1. The van der Waals surface area contributed by atoms with Crippen LogP contribution in [0.3, 0.4) is 0 Å². The molecule has 1 aromatic carbocycles. The van der Waals surface area contributed by atoms with Gasteiger partial charge in [-0.3, -0.25) is 9.59 Å². The Morgan fingerprint density at radius 1 is 1.37 bits per heavy atom. The smallest absolute Gasteiger partial charge is 0.309 e. The maximum absolute atomic E-state index is 12.1. The van der Waals surface area contributed by atoms with Gasteiger partial charge in [0.25, 0.3) is 0 Å². The van der Waals surface area contributed by atoms with Gasteiger partial charge in [-0.05, 0) is 54.6 Å². The molecule has 0 aliphatic heterocycles. The van der Waals surface area contributed by atoms with Crippen molar-refractivity contribution in [2.24, 2.45) is 0 Å². The van der Waals surface area contributed by atoms with Crippen molar-refractivity contribution in [3.63, 3.8) is 0 Å². The van der Waals surface area contributed by atoms with Gasteiger partial charge in [-0.2, -0.15) is 0 Å². The third-order valence-corrected chi connectivity index (χ3v) is 3.61. The van der Waals surface area contributed by atoms with E-state index >= 15 is 0 Å². The summed E-state index contributed by atoms with van der Waals surface area (Å²) in [7, 11) is 0. The van der Waals surface area contributed by atoms with Crippen LogP contribution in [0.1, 0.15) is 25.6 Å². The molecule has 1 N–H and O–H groups in total. The van der Waals surface area contributed by atoms with Gasteiger partial charge < -0.3 is 9.67 Å². The number of nitrogens with zero attached hydrogens (tertiary/aromatic N) is 1. The van der Waals surface area contributed by atoms with Crippen LogP contribution in [-0.4, -0.2) is 15.6 Å². The number of fused-ring (bicyclic) bond motifs is 1. The molecule has 0 saturated carbocycles. The fourth-order valence-corrected chi connectivity index (χ4v) is 2.76. The summed E-state index contributed by atoms with van der Waals surface area (Å²) in [4.78, 5) is 23.0. The number of halogens is 1. The molecule has 0 aliphatic carbocycles. The number of carbonyl (C=O) groups is 1. The fourth-order valence-electron chi connectivity index (χ4n) is 2.27. The van der Waals surface area contributed by atoms with Crippen LogP contribution in [0.5, 0.6) is 0 Å². The zero-order valence-electron chi connectivity index (χ0n) is 10.7. The summed E-state index contributed by atoms with van der Waals surface area (Å²) in [5.41, 5.74) is 1.21. The standard InChI is InChI=1S/C14H14INO3/c1-8(2)16-10(7-14(18)19)6-13(17)11-5-9(15)3-4-12(11)16/h3-6,8H,7H2,1-2H3,(H,18,19). The van der Waals surface area contributed by atoms with Gasteiger partial charge in [-0.25, -0.2) is 0 Å². The molecular formula is C14H14INO3. The second kappa shape index (κ2) is 5.32. The maximum Gasteiger partial charge on any atom is 0.309 e. The van der Waals surface area contributed by atoms with Crippen LogP contribution < -0.4 is 5.43 Å². The Morgan fingerprint density at radius 3 is 2.63 bits per heavy atom. The quantitative estimate of drug-likeness (QED) is 0.845. The molecule has 0 aliphatic rings. The van der Waals surface area contributed by atoms with E-state index in [9.17, 15) is 9.59 Å². The summed E-state index contributed by atoms with van der Waals surface area (Å²) >= 11 is 2.16. The summed E-state index contributed by atoms with van der Waals surface area (Å²) in [6, 6.07) is 7.17. The number of hydrogen-bond acceptors (Lipinski definition) is 2. The first-order valence-electron chi connectivity index (χ1n) is 5.95. The summed E-state index contributed by atoms with van der Waals surface area (Å²) in [5.74, 6) is -0.932. The summed E-state index contributed by atoms with van der Waals surface area (Å²) in [6.07, 6.45) is -0.144. The first-order valence-corrected chi connectivity index (χ1v) is 7.03. The molecule has 0 saturated heterocycles. The normalized spacial score (nSPS) is 11.2. The van der Waals surface area contributed by atoms with E-state index < -0.39 is 5.97 Å². The van der Waals surface area contributed by atoms with Gasteiger partial charge in [0.05, 0.1) is 11.9 Å². The molecule has 2 aromatic rings. The van der Waals surface area contributed by atoms with E-state index in [1.807, 2.05) is 36.6 Å². The minimum atomic E-state index is -0.932. The number of rotatable bonds is 3. The van der Waals surface area contributed by atoms with Crippen LogP contribution >= 0.6 is 22.6 Å². The molecule has 1 heterocycles. The molecule has 1 aromatic heterocycles. The van der Waals surface area contributed by atoms with E-state index in [2.05, 4.69) is 22.6 Å². The predicted octanol–water partition coefficient (Wildman–Crippen LogP) is 2.81. The van der Waals surface area contributed by atoms with Gasteiger partial charge in [-0.1, -0.05) is 0 Å². The molecule has 0 atom stereocenters. The van der Waals surface area contributed by atoms with E-state index in [4.69, 9.17) is 5.11 Å². The van der Waals surface area contributed by atoms with Crippen molar-refractivity contribution in [3.8, 4) is 0 Å². The highest BCUT2D eigenvalue weighted by Gasteiger charge is 2.14. The second-order valence-electron chi connectivity index (χ2n) is 4.70. The first kappa shape index (κ1) is 14.0. The molecule has 5 heteroatoms. The zero-order chi connectivity index (χ0) is 14.2. The highest BCUT2D eigenvalue weighted by Crippen LogP contribution is 2.21. The Kier molecular flexibility index (Phi) is 3.93. The van der Waals surface area contributed by atoms with Gasteiger partial charge in [0.2, 0.25) is 0 Å². The van der Waals surface area contributed by atoms with Gasteiger partial charge >= 0.3 is 5.97 Å². The molecule has 2 rings (SSSR count). The lowest BCUT2D eigenvalue weighted by molar-refractivity contribution is -0.136. The lowest BCUT2D eigenvalue weighted by Crippen LogP contribution is -2.18. The van der Waals surface area contributed by atoms with Crippen molar-refractivity contribution in [1.29, 1.82) is 0 Å². The largest absolute Gasteiger partial charge is 0.481 e. The Morgan fingerprint density at radius 2 is 2.05 bits per heavy atom. The summed E-state index contributed by atoms with van der Waals surface area (Å²) < 4.78 is 2.91. The van der Waals surface area contributed by atoms with Gasteiger partial charge in [-0.15, -0.1) is 0 Å². The number of carboxylic acids is 1. The SMILES string of the molecule is CC(C)n1c(CC(=O)O)cc(=O)c2cc(I)ccc21. The van der Waals surface area contributed by atoms with Crippen molar-refractivity contribution >= 4 is 39.5 Å². The molecule has 0 spiro atoms. The van der Waals surface area contributed by atoms with E-state index in [0.717, 1.165) is 9.09 Å². The Balaban J connectivity index is 2.84. The Hall–Kier alpha value is -1.37. The van der Waals surface area contributed by atoms with E-state index in [1.165, 1.54) is 6.07 Å². The number of benzene rings is 1. The van der Waals surface area contributed by atoms with E-state index in [0.29, 0.717) is 11.1 Å². The minimum Gasteiger partial charge on any atom is -0.481 e. The predicted molar refractivity (Wildman–Crippen MR) is 82.6 cm³/mol. The van der Waals surface area contributed by atoms with Gasteiger partial charge in [0, 0.05) is 26.8 Å². The first-order chi connectivity index (χ1) is 8.90. The highest BCUT2D eigenvalue weighted by molar-refractivity contribution is 14.1. The van der Waals surface area contributed by atoms with Crippen molar-refractivity contribution < 1.29 is 9.90 Å². The van der Waals surface area contributed by atoms with Crippen LogP contribution in [0.25, 0.3) is 10.9 Å². The number of aromatic nitrogens is 1. The molecule has 0 radical (unpaired) electrons. The van der Waals surface area contributed by atoms with Crippen molar-refractivity contribution in [1.82, 2.24) is 4.57 Å². The average Bonchev–Trinajstić information content (AvgIpc) is 2.28. The maximum atomic E-state index is 12.1. The number of aliphatic carboxylic acids is 1. The molecule has 100 valence electrons. The van der Waals surface area contributed by atoms with Crippen molar-refractivity contribution in [3.05, 3.63) is 43.8 Å². The minimum absolute atomic E-state index is 0.0949. The zero-order valence-corrected chi connectivity index (χ0v) is 12.8. The van der Waals surface area contributed by atoms with Crippen LogP contribution in [-0.2, 0) is 11.2 Å². The summed E-state index contributed by atoms with van der Waals surface area (Å²) in [5, 5.41) is 9.60. The molecule has 0 unspecified atom stereocenters. The Labute approximate surface area is 124 Å². The monoisotopic (exact) mass is 371 g/mol. The van der Waals surface area contributed by atoms with Gasteiger partial charge in [0.15, 0.2) is 5.43 Å². The van der Waals surface area contributed by atoms with Crippen molar-refractivity contribution in [2.45, 2.75) is 26.3 Å². The lowest BCUT2D eigenvalue weighted by Gasteiger charge is -2.19. The van der Waals surface area contributed by atoms with Gasteiger partial charge in [0.1, 0.15) is 0 Å². The van der Waals surface area contributed by atoms with Crippen LogP contribution in [0, 0.1) is 3.57 Å². The lowest BCUT2D eigenvalue weighted by atomic mass is 10.1. The second-order valence-corrected chi connectivity index (χ2v) is 5.94. The number of carboxylic acid groups (broad SMARTS) is 1. The Bertz CT molecular complexity index is 704. The van der Waals surface area contributed by atoms with E-state index in [1.54, 1.807) is 0 Å². The fraction of sp³-hybridized carbons (Fsp3) is 0.286. The molecule has 0 fully saturated rings. The summed E-state index contributed by atoms with van der Waals surface area (Å²) in [6.45, 7) is 3.96. The third-order valence-electron chi connectivity index (χ3n) is 2.94. The van der Waals surface area contributed by atoms with Crippen LogP contribution in [0.2, 0.25) is 0 Å². The molecular weight excluding hydrogens is 357 g/mol. The molecule has 0 bridgehead atoms. The van der Waals surface area contributed by atoms with Crippen LogP contribution in [0.15, 0.2) is 29.1 Å². The molecule has 19 heavy (non-hydrogen) atoms. The number of pyridine rings is 1. The topological polar surface area (TPSA) is 59.3 Å². The van der Waals surface area contributed by atoms with Crippen molar-refractivity contribution in [2.75, 3.05) is 0 Å². The van der Waals surface area contributed by atoms with Crippen LogP contribution in [0.4, 0.5) is 0 Å². The highest BCUT2D eigenvalue weighted by atomic mass is 127. The molecule has 4 nitrogen and oxygen atoms in total. The molecule has 0 amide bonds.